The highest BCUT2D eigenvalue weighted by Gasteiger charge is 2.35. The molecule has 2 nitrogen and oxygen atoms in total. The van der Waals surface area contributed by atoms with Crippen LogP contribution in [0.25, 0.3) is 0 Å². The molecule has 0 aliphatic carbocycles. The number of hydrogen-bond donors (Lipinski definition) is 1. The van der Waals surface area contributed by atoms with E-state index in [1.165, 1.54) is 0 Å². The Labute approximate surface area is 99.9 Å². The van der Waals surface area contributed by atoms with Crippen LogP contribution in [0.2, 0.25) is 0 Å². The summed E-state index contributed by atoms with van der Waals surface area (Å²) >= 11 is 0. The van der Waals surface area contributed by atoms with Gasteiger partial charge in [-0.1, -0.05) is 6.92 Å². The van der Waals surface area contributed by atoms with Gasteiger partial charge in [-0.15, -0.1) is 0 Å². The van der Waals surface area contributed by atoms with E-state index in [4.69, 9.17) is 0 Å². The van der Waals surface area contributed by atoms with Crippen LogP contribution in [0.5, 0.6) is 0 Å². The van der Waals surface area contributed by atoms with E-state index in [1.54, 1.807) is 0 Å². The van der Waals surface area contributed by atoms with Crippen LogP contribution in [0.3, 0.4) is 0 Å². The standard InChI is InChI=1S/C13H17F2NO/c1-2-16-7-5-13(17,6-8-16)11-9-10(14)3-4-12(11)15/h3-4,9,17H,2,5-8H2,1H3. The Hall–Kier alpha value is -1.00. The quantitative estimate of drug-likeness (QED) is 0.858. The summed E-state index contributed by atoms with van der Waals surface area (Å²) in [6.07, 6.45) is 0.891. The SMILES string of the molecule is CCN1CCC(O)(c2cc(F)ccc2F)CC1. The first kappa shape index (κ1) is 12.5. The minimum absolute atomic E-state index is 0.0910. The van der Waals surface area contributed by atoms with Crippen LogP contribution in [-0.4, -0.2) is 29.6 Å². The largest absolute Gasteiger partial charge is 0.385 e. The smallest absolute Gasteiger partial charge is 0.129 e. The number of rotatable bonds is 2. The number of likely N-dealkylation sites (tertiary alicyclic amines) is 1. The van der Waals surface area contributed by atoms with Gasteiger partial charge in [-0.05, 0) is 37.6 Å². The Morgan fingerprint density at radius 2 is 1.94 bits per heavy atom. The molecule has 0 radical (unpaired) electrons. The maximum atomic E-state index is 13.6. The fraction of sp³-hybridized carbons (Fsp3) is 0.538. The zero-order valence-corrected chi connectivity index (χ0v) is 9.92. The van der Waals surface area contributed by atoms with Crippen molar-refractivity contribution in [3.8, 4) is 0 Å². The molecule has 0 aromatic heterocycles. The van der Waals surface area contributed by atoms with Crippen LogP contribution in [-0.2, 0) is 5.60 Å². The molecule has 1 aliphatic rings. The molecule has 17 heavy (non-hydrogen) atoms. The third kappa shape index (κ3) is 2.48. The molecule has 1 heterocycles. The van der Waals surface area contributed by atoms with E-state index in [9.17, 15) is 13.9 Å². The number of benzene rings is 1. The van der Waals surface area contributed by atoms with Gasteiger partial charge in [-0.3, -0.25) is 0 Å². The van der Waals surface area contributed by atoms with E-state index in [0.29, 0.717) is 25.9 Å². The normalized spacial score (nSPS) is 20.5. The molecule has 0 atom stereocenters. The molecule has 1 aromatic carbocycles. The zero-order valence-electron chi connectivity index (χ0n) is 9.92. The van der Waals surface area contributed by atoms with Crippen LogP contribution >= 0.6 is 0 Å². The van der Waals surface area contributed by atoms with Crippen molar-refractivity contribution in [2.45, 2.75) is 25.4 Å². The minimum Gasteiger partial charge on any atom is -0.385 e. The predicted octanol–water partition coefficient (Wildman–Crippen LogP) is 2.27. The third-order valence-corrected chi connectivity index (χ3v) is 3.56. The Morgan fingerprint density at radius 3 is 2.53 bits per heavy atom. The molecule has 94 valence electrons. The Balaban J connectivity index is 2.24. The van der Waals surface area contributed by atoms with Gasteiger partial charge in [0.15, 0.2) is 0 Å². The maximum absolute atomic E-state index is 13.6. The molecule has 0 bridgehead atoms. The van der Waals surface area contributed by atoms with Gasteiger partial charge in [0, 0.05) is 18.7 Å². The van der Waals surface area contributed by atoms with Crippen LogP contribution in [0.15, 0.2) is 18.2 Å². The number of halogens is 2. The summed E-state index contributed by atoms with van der Waals surface area (Å²) in [6.45, 7) is 4.39. The van der Waals surface area contributed by atoms with Gasteiger partial charge in [0.2, 0.25) is 0 Å². The van der Waals surface area contributed by atoms with Crippen molar-refractivity contribution < 1.29 is 13.9 Å². The Kier molecular flexibility index (Phi) is 3.45. The topological polar surface area (TPSA) is 23.5 Å². The highest BCUT2D eigenvalue weighted by atomic mass is 19.1. The Bertz CT molecular complexity index is 400. The van der Waals surface area contributed by atoms with E-state index in [2.05, 4.69) is 4.90 Å². The summed E-state index contributed by atoms with van der Waals surface area (Å²) in [6, 6.07) is 3.26. The van der Waals surface area contributed by atoms with Crippen LogP contribution in [0.4, 0.5) is 8.78 Å². The van der Waals surface area contributed by atoms with E-state index in [1.807, 2.05) is 6.92 Å². The molecule has 1 fully saturated rings. The summed E-state index contributed by atoms with van der Waals surface area (Å²) in [5.74, 6) is -1.04. The van der Waals surface area contributed by atoms with Gasteiger partial charge in [0.05, 0.1) is 5.60 Å². The van der Waals surface area contributed by atoms with Gasteiger partial charge in [-0.2, -0.15) is 0 Å². The van der Waals surface area contributed by atoms with Gasteiger partial charge in [0.25, 0.3) is 0 Å². The number of nitrogens with zero attached hydrogens (tertiary/aromatic N) is 1. The van der Waals surface area contributed by atoms with E-state index in [0.717, 1.165) is 24.7 Å². The maximum Gasteiger partial charge on any atom is 0.129 e. The first-order valence-electron chi connectivity index (χ1n) is 5.95. The zero-order chi connectivity index (χ0) is 12.5. The minimum atomic E-state index is -1.22. The van der Waals surface area contributed by atoms with Crippen molar-refractivity contribution >= 4 is 0 Å². The van der Waals surface area contributed by atoms with Gasteiger partial charge in [-0.25, -0.2) is 8.78 Å². The number of hydrogen-bond acceptors (Lipinski definition) is 2. The lowest BCUT2D eigenvalue weighted by atomic mass is 9.84. The second kappa shape index (κ2) is 4.70. The summed E-state index contributed by atoms with van der Waals surface area (Å²) in [4.78, 5) is 2.19. The summed E-state index contributed by atoms with van der Waals surface area (Å²) < 4.78 is 26.8. The molecule has 0 spiro atoms. The molecule has 0 saturated carbocycles. The average Bonchev–Trinajstić information content (AvgIpc) is 2.33. The van der Waals surface area contributed by atoms with Crippen molar-refractivity contribution in [3.63, 3.8) is 0 Å². The lowest BCUT2D eigenvalue weighted by Crippen LogP contribution is -2.42. The van der Waals surface area contributed by atoms with E-state index < -0.39 is 17.2 Å². The lowest BCUT2D eigenvalue weighted by molar-refractivity contribution is -0.0275. The second-order valence-corrected chi connectivity index (χ2v) is 4.59. The van der Waals surface area contributed by atoms with Gasteiger partial charge in [0.1, 0.15) is 11.6 Å². The van der Waals surface area contributed by atoms with Crippen molar-refractivity contribution in [3.05, 3.63) is 35.4 Å². The fourth-order valence-electron chi connectivity index (χ4n) is 2.36. The monoisotopic (exact) mass is 241 g/mol. The third-order valence-electron chi connectivity index (χ3n) is 3.56. The molecular weight excluding hydrogens is 224 g/mol. The van der Waals surface area contributed by atoms with Crippen molar-refractivity contribution in [1.82, 2.24) is 4.90 Å². The second-order valence-electron chi connectivity index (χ2n) is 4.59. The molecule has 2 rings (SSSR count). The average molecular weight is 241 g/mol. The molecule has 1 aliphatic heterocycles. The molecule has 4 heteroatoms. The van der Waals surface area contributed by atoms with E-state index in [-0.39, 0.29) is 5.56 Å². The molecule has 0 amide bonds. The fourth-order valence-corrected chi connectivity index (χ4v) is 2.36. The van der Waals surface area contributed by atoms with Gasteiger partial charge < -0.3 is 10.0 Å². The molecular formula is C13H17F2NO. The molecule has 0 unspecified atom stereocenters. The predicted molar refractivity (Wildman–Crippen MR) is 61.6 cm³/mol. The van der Waals surface area contributed by atoms with Crippen LogP contribution in [0, 0.1) is 11.6 Å². The molecule has 1 saturated heterocycles. The molecule has 1 aromatic rings. The van der Waals surface area contributed by atoms with Crippen molar-refractivity contribution in [2.75, 3.05) is 19.6 Å². The van der Waals surface area contributed by atoms with Crippen LogP contribution < -0.4 is 0 Å². The number of aliphatic hydroxyl groups is 1. The summed E-state index contributed by atoms with van der Waals surface area (Å²) in [7, 11) is 0. The highest BCUT2D eigenvalue weighted by Crippen LogP contribution is 2.34. The number of piperidine rings is 1. The molecule has 1 N–H and O–H groups in total. The highest BCUT2D eigenvalue weighted by molar-refractivity contribution is 5.26. The summed E-state index contributed by atoms with van der Waals surface area (Å²) in [5, 5.41) is 10.4. The first-order valence-corrected chi connectivity index (χ1v) is 5.95. The van der Waals surface area contributed by atoms with E-state index >= 15 is 0 Å². The van der Waals surface area contributed by atoms with Gasteiger partial charge >= 0.3 is 0 Å². The summed E-state index contributed by atoms with van der Waals surface area (Å²) in [5.41, 5.74) is -1.13. The first-order chi connectivity index (χ1) is 8.05. The van der Waals surface area contributed by atoms with Crippen LogP contribution in [0.1, 0.15) is 25.3 Å². The van der Waals surface area contributed by atoms with Crippen molar-refractivity contribution in [1.29, 1.82) is 0 Å². The van der Waals surface area contributed by atoms with Crippen molar-refractivity contribution in [2.24, 2.45) is 0 Å². The Morgan fingerprint density at radius 1 is 1.29 bits per heavy atom. The lowest BCUT2D eigenvalue weighted by Gasteiger charge is -2.38.